The van der Waals surface area contributed by atoms with Crippen LogP contribution < -0.4 is 15.2 Å². The first-order valence-corrected chi connectivity index (χ1v) is 10.8. The topological polar surface area (TPSA) is 83.5 Å². The van der Waals surface area contributed by atoms with Crippen LogP contribution in [0.25, 0.3) is 11.0 Å². The summed E-state index contributed by atoms with van der Waals surface area (Å²) in [6, 6.07) is 9.78. The molecule has 0 radical (unpaired) electrons. The number of hydrogen-bond donors (Lipinski definition) is 1. The van der Waals surface area contributed by atoms with Crippen LogP contribution in [0.2, 0.25) is 0 Å². The molecule has 8 nitrogen and oxygen atoms in total. The molecule has 1 amide bonds. The molecule has 3 aromatic rings. The zero-order valence-corrected chi connectivity index (χ0v) is 18.2. The fraction of sp³-hybridized carbons (Fsp3) is 0.381. The fourth-order valence-electron chi connectivity index (χ4n) is 3.69. The summed E-state index contributed by atoms with van der Waals surface area (Å²) in [5, 5.41) is 0.549. The number of piperazine rings is 1. The van der Waals surface area contributed by atoms with Gasteiger partial charge >= 0.3 is 0 Å². The Bertz CT molecular complexity index is 1130. The van der Waals surface area contributed by atoms with Crippen LogP contribution in [-0.2, 0) is 11.8 Å². The summed E-state index contributed by atoms with van der Waals surface area (Å²) >= 11 is 1.30. The van der Waals surface area contributed by atoms with E-state index < -0.39 is 0 Å². The minimum absolute atomic E-state index is 0.0549. The van der Waals surface area contributed by atoms with Crippen molar-refractivity contribution in [1.82, 2.24) is 19.4 Å². The summed E-state index contributed by atoms with van der Waals surface area (Å²) in [5.41, 5.74) is 2.94. The molecule has 158 valence electrons. The Morgan fingerprint density at radius 3 is 2.70 bits per heavy atom. The van der Waals surface area contributed by atoms with Gasteiger partial charge in [0.2, 0.25) is 5.91 Å². The highest BCUT2D eigenvalue weighted by Gasteiger charge is 2.23. The minimum atomic E-state index is -0.131. The van der Waals surface area contributed by atoms with Crippen molar-refractivity contribution in [2.75, 3.05) is 43.9 Å². The Labute approximate surface area is 178 Å². The lowest BCUT2D eigenvalue weighted by molar-refractivity contribution is -0.128. The van der Waals surface area contributed by atoms with Crippen LogP contribution in [0.1, 0.15) is 5.69 Å². The van der Waals surface area contributed by atoms with Gasteiger partial charge in [0, 0.05) is 38.9 Å². The Morgan fingerprint density at radius 2 is 1.97 bits per heavy atom. The number of fused-ring (bicyclic) bond motifs is 1. The van der Waals surface area contributed by atoms with Gasteiger partial charge in [0.05, 0.1) is 24.1 Å². The van der Waals surface area contributed by atoms with Gasteiger partial charge in [-0.05, 0) is 25.1 Å². The molecule has 9 heteroatoms. The number of nitrogens with one attached hydrogen (secondary N) is 1. The van der Waals surface area contributed by atoms with E-state index in [1.807, 2.05) is 42.2 Å². The normalized spacial score (nSPS) is 14.4. The van der Waals surface area contributed by atoms with Gasteiger partial charge < -0.3 is 19.5 Å². The van der Waals surface area contributed by atoms with Crippen molar-refractivity contribution in [3.8, 4) is 5.75 Å². The first-order valence-electron chi connectivity index (χ1n) is 9.83. The highest BCUT2D eigenvalue weighted by Crippen LogP contribution is 2.28. The molecule has 0 bridgehead atoms. The summed E-state index contributed by atoms with van der Waals surface area (Å²) in [7, 11) is 3.35. The molecule has 4 rings (SSSR count). The Morgan fingerprint density at radius 1 is 1.23 bits per heavy atom. The van der Waals surface area contributed by atoms with Gasteiger partial charge in [0.15, 0.2) is 5.16 Å². The fourth-order valence-corrected chi connectivity index (χ4v) is 4.57. The molecule has 1 N–H and O–H groups in total. The Kier molecular flexibility index (Phi) is 5.72. The number of rotatable bonds is 5. The van der Waals surface area contributed by atoms with Crippen LogP contribution in [0.3, 0.4) is 0 Å². The number of carbonyl (C=O) groups is 1. The van der Waals surface area contributed by atoms with Crippen LogP contribution in [-0.4, -0.2) is 64.4 Å². The quantitative estimate of drug-likeness (QED) is 0.496. The zero-order chi connectivity index (χ0) is 21.3. The SMILES string of the molecule is COc1ccccc1N1CCN(C(=O)CSc2nc3cc(C)[nH]c3c(=O)n2C)CC1. The van der Waals surface area contributed by atoms with Crippen molar-refractivity contribution in [3.63, 3.8) is 0 Å². The van der Waals surface area contributed by atoms with Crippen molar-refractivity contribution in [1.29, 1.82) is 0 Å². The second-order valence-corrected chi connectivity index (χ2v) is 8.24. The molecule has 0 aliphatic carbocycles. The number of carbonyl (C=O) groups excluding carboxylic acids is 1. The second kappa shape index (κ2) is 8.43. The maximum absolute atomic E-state index is 12.7. The van der Waals surface area contributed by atoms with Gasteiger partial charge in [-0.3, -0.25) is 14.2 Å². The molecule has 1 aliphatic rings. The average Bonchev–Trinajstić information content (AvgIpc) is 3.15. The maximum atomic E-state index is 12.7. The number of ether oxygens (including phenoxy) is 1. The van der Waals surface area contributed by atoms with E-state index in [1.54, 1.807) is 14.2 Å². The van der Waals surface area contributed by atoms with E-state index >= 15 is 0 Å². The molecule has 1 saturated heterocycles. The molecule has 1 aliphatic heterocycles. The largest absolute Gasteiger partial charge is 0.495 e. The molecule has 1 fully saturated rings. The molecule has 0 spiro atoms. The number of anilines is 1. The molecule has 2 aromatic heterocycles. The Balaban J connectivity index is 1.38. The molecule has 1 aromatic carbocycles. The molecule has 0 saturated carbocycles. The lowest BCUT2D eigenvalue weighted by Gasteiger charge is -2.36. The van der Waals surface area contributed by atoms with Crippen molar-refractivity contribution in [2.24, 2.45) is 7.05 Å². The average molecular weight is 428 g/mol. The van der Waals surface area contributed by atoms with E-state index in [-0.39, 0.29) is 17.2 Å². The molecule has 0 atom stereocenters. The third-order valence-electron chi connectivity index (χ3n) is 5.34. The van der Waals surface area contributed by atoms with Gasteiger partial charge in [0.1, 0.15) is 11.3 Å². The zero-order valence-electron chi connectivity index (χ0n) is 17.3. The minimum Gasteiger partial charge on any atom is -0.495 e. The van der Waals surface area contributed by atoms with Gasteiger partial charge in [-0.25, -0.2) is 4.98 Å². The summed E-state index contributed by atoms with van der Waals surface area (Å²) in [6.07, 6.45) is 0. The Hall–Kier alpha value is -2.94. The first kappa shape index (κ1) is 20.3. The van der Waals surface area contributed by atoms with Crippen molar-refractivity contribution in [3.05, 3.63) is 46.4 Å². The van der Waals surface area contributed by atoms with Crippen molar-refractivity contribution >= 4 is 34.4 Å². The number of aromatic nitrogens is 3. The number of amides is 1. The highest BCUT2D eigenvalue weighted by molar-refractivity contribution is 7.99. The predicted octanol–water partition coefficient (Wildman–Crippen LogP) is 2.02. The smallest absolute Gasteiger partial charge is 0.278 e. The van der Waals surface area contributed by atoms with E-state index in [4.69, 9.17) is 4.74 Å². The van der Waals surface area contributed by atoms with E-state index in [2.05, 4.69) is 14.9 Å². The van der Waals surface area contributed by atoms with Gasteiger partial charge in [-0.2, -0.15) is 0 Å². The molecule has 30 heavy (non-hydrogen) atoms. The molecular formula is C21H25N5O3S. The van der Waals surface area contributed by atoms with Crippen molar-refractivity contribution < 1.29 is 9.53 Å². The number of nitrogens with zero attached hydrogens (tertiary/aromatic N) is 4. The number of thioether (sulfide) groups is 1. The van der Waals surface area contributed by atoms with E-state index in [0.29, 0.717) is 29.3 Å². The summed E-state index contributed by atoms with van der Waals surface area (Å²) in [6.45, 7) is 4.70. The number of H-pyrrole nitrogens is 1. The summed E-state index contributed by atoms with van der Waals surface area (Å²) in [5.74, 6) is 1.15. The first-order chi connectivity index (χ1) is 14.5. The standard InChI is InChI=1S/C21H25N5O3S/c1-14-12-15-19(22-14)20(28)24(2)21(23-15)30-13-18(27)26-10-8-25(9-11-26)16-6-4-5-7-17(16)29-3/h4-7,12,22H,8-11,13H2,1-3H3. The van der Waals surface area contributed by atoms with E-state index in [9.17, 15) is 9.59 Å². The third kappa shape index (κ3) is 3.89. The van der Waals surface area contributed by atoms with Crippen LogP contribution >= 0.6 is 11.8 Å². The van der Waals surface area contributed by atoms with Crippen LogP contribution in [0.4, 0.5) is 5.69 Å². The summed E-state index contributed by atoms with van der Waals surface area (Å²) in [4.78, 5) is 36.9. The van der Waals surface area contributed by atoms with Crippen molar-refractivity contribution in [2.45, 2.75) is 12.1 Å². The molecule has 3 heterocycles. The molecular weight excluding hydrogens is 402 g/mol. The number of aromatic amines is 1. The lowest BCUT2D eigenvalue weighted by atomic mass is 10.2. The second-order valence-electron chi connectivity index (χ2n) is 7.30. The highest BCUT2D eigenvalue weighted by atomic mass is 32.2. The van der Waals surface area contributed by atoms with Crippen LogP contribution in [0.15, 0.2) is 40.3 Å². The van der Waals surface area contributed by atoms with E-state index in [1.165, 1.54) is 16.3 Å². The third-order valence-corrected chi connectivity index (χ3v) is 6.35. The van der Waals surface area contributed by atoms with Gasteiger partial charge in [0.25, 0.3) is 5.56 Å². The van der Waals surface area contributed by atoms with E-state index in [0.717, 1.165) is 30.2 Å². The van der Waals surface area contributed by atoms with Crippen LogP contribution in [0, 0.1) is 6.92 Å². The monoisotopic (exact) mass is 427 g/mol. The maximum Gasteiger partial charge on any atom is 0.278 e. The van der Waals surface area contributed by atoms with Crippen LogP contribution in [0.5, 0.6) is 5.75 Å². The molecule has 0 unspecified atom stereocenters. The summed E-state index contributed by atoms with van der Waals surface area (Å²) < 4.78 is 6.95. The number of methoxy groups -OCH3 is 1. The lowest BCUT2D eigenvalue weighted by Crippen LogP contribution is -2.49. The number of hydrogen-bond acceptors (Lipinski definition) is 6. The van der Waals surface area contributed by atoms with Gasteiger partial charge in [-0.1, -0.05) is 23.9 Å². The van der Waals surface area contributed by atoms with Gasteiger partial charge in [-0.15, -0.1) is 0 Å². The predicted molar refractivity (Wildman–Crippen MR) is 119 cm³/mol. The number of para-hydroxylation sites is 2. The number of aryl methyl sites for hydroxylation is 1. The number of benzene rings is 1.